The predicted octanol–water partition coefficient (Wildman–Crippen LogP) is 1.85. The Hall–Kier alpha value is -1.42. The largest absolute Gasteiger partial charge is 0.475 e. The number of pyridine rings is 1. The zero-order valence-electron chi connectivity index (χ0n) is 10.9. The molecule has 2 aliphatic heterocycles. The van der Waals surface area contributed by atoms with E-state index < -0.39 is 0 Å². The SMILES string of the molecule is CC1COC(c2ccncc2[C@@]2(C)CCCN2)=N1. The van der Waals surface area contributed by atoms with Crippen LogP contribution in [0.2, 0.25) is 0 Å². The average Bonchev–Trinajstić information content (AvgIpc) is 2.99. The van der Waals surface area contributed by atoms with E-state index >= 15 is 0 Å². The zero-order valence-corrected chi connectivity index (χ0v) is 10.9. The Kier molecular flexibility index (Phi) is 2.82. The summed E-state index contributed by atoms with van der Waals surface area (Å²) in [6.45, 7) is 6.05. The molecule has 18 heavy (non-hydrogen) atoms. The van der Waals surface area contributed by atoms with Crippen LogP contribution >= 0.6 is 0 Å². The fourth-order valence-corrected chi connectivity index (χ4v) is 2.77. The molecule has 4 heteroatoms. The molecule has 1 unspecified atom stereocenters. The van der Waals surface area contributed by atoms with Crippen LogP contribution in [0, 0.1) is 0 Å². The smallest absolute Gasteiger partial charge is 0.217 e. The first-order valence-corrected chi connectivity index (χ1v) is 6.59. The molecule has 3 rings (SSSR count). The van der Waals surface area contributed by atoms with Gasteiger partial charge in [-0.25, -0.2) is 4.99 Å². The highest BCUT2D eigenvalue weighted by molar-refractivity contribution is 5.96. The summed E-state index contributed by atoms with van der Waals surface area (Å²) >= 11 is 0. The molecule has 1 saturated heterocycles. The van der Waals surface area contributed by atoms with Crippen LogP contribution in [0.25, 0.3) is 0 Å². The van der Waals surface area contributed by atoms with Crippen molar-refractivity contribution in [2.24, 2.45) is 4.99 Å². The standard InChI is InChI=1S/C14H19N3O/c1-10-9-18-13(17-10)11-4-7-15-8-12(11)14(2)5-3-6-16-14/h4,7-8,10,16H,3,5-6,9H2,1-2H3/t10?,14-/m1/s1. The van der Waals surface area contributed by atoms with Gasteiger partial charge in [0, 0.05) is 29.1 Å². The van der Waals surface area contributed by atoms with Crippen molar-refractivity contribution >= 4 is 5.90 Å². The van der Waals surface area contributed by atoms with E-state index in [9.17, 15) is 0 Å². The summed E-state index contributed by atoms with van der Waals surface area (Å²) < 4.78 is 5.69. The number of hydrogen-bond donors (Lipinski definition) is 1. The Bertz CT molecular complexity index is 478. The number of ether oxygens (including phenoxy) is 1. The Labute approximate surface area is 107 Å². The van der Waals surface area contributed by atoms with Crippen molar-refractivity contribution in [3.63, 3.8) is 0 Å². The van der Waals surface area contributed by atoms with E-state index in [4.69, 9.17) is 4.74 Å². The van der Waals surface area contributed by atoms with Crippen LogP contribution in [0.4, 0.5) is 0 Å². The second-order valence-corrected chi connectivity index (χ2v) is 5.38. The van der Waals surface area contributed by atoms with Crippen molar-refractivity contribution in [2.45, 2.75) is 38.3 Å². The molecule has 4 nitrogen and oxygen atoms in total. The van der Waals surface area contributed by atoms with Crippen LogP contribution in [0.3, 0.4) is 0 Å². The van der Waals surface area contributed by atoms with Gasteiger partial charge in [0.1, 0.15) is 6.61 Å². The van der Waals surface area contributed by atoms with Gasteiger partial charge in [-0.2, -0.15) is 0 Å². The minimum Gasteiger partial charge on any atom is -0.475 e. The van der Waals surface area contributed by atoms with Crippen molar-refractivity contribution in [3.05, 3.63) is 29.6 Å². The molecule has 96 valence electrons. The van der Waals surface area contributed by atoms with E-state index in [1.807, 2.05) is 18.5 Å². The van der Waals surface area contributed by atoms with E-state index in [-0.39, 0.29) is 11.6 Å². The van der Waals surface area contributed by atoms with Gasteiger partial charge in [0.25, 0.3) is 0 Å². The van der Waals surface area contributed by atoms with Gasteiger partial charge in [0.15, 0.2) is 0 Å². The lowest BCUT2D eigenvalue weighted by Crippen LogP contribution is -2.35. The molecule has 0 radical (unpaired) electrons. The summed E-state index contributed by atoms with van der Waals surface area (Å²) in [7, 11) is 0. The highest BCUT2D eigenvalue weighted by Crippen LogP contribution is 2.33. The monoisotopic (exact) mass is 245 g/mol. The molecule has 0 amide bonds. The molecular formula is C14H19N3O. The number of hydrogen-bond acceptors (Lipinski definition) is 4. The van der Waals surface area contributed by atoms with Crippen LogP contribution in [0.5, 0.6) is 0 Å². The van der Waals surface area contributed by atoms with E-state index in [1.165, 1.54) is 12.0 Å². The molecule has 2 aliphatic rings. The molecule has 3 heterocycles. The van der Waals surface area contributed by atoms with Gasteiger partial charge >= 0.3 is 0 Å². The van der Waals surface area contributed by atoms with E-state index in [0.29, 0.717) is 6.61 Å². The maximum absolute atomic E-state index is 5.69. The Morgan fingerprint density at radius 2 is 2.39 bits per heavy atom. The van der Waals surface area contributed by atoms with Crippen LogP contribution in [0.15, 0.2) is 23.5 Å². The summed E-state index contributed by atoms with van der Waals surface area (Å²) in [5.41, 5.74) is 2.29. The number of rotatable bonds is 2. The lowest BCUT2D eigenvalue weighted by molar-refractivity contribution is 0.322. The minimum absolute atomic E-state index is 0.00129. The normalized spacial score (nSPS) is 31.2. The third-order valence-electron chi connectivity index (χ3n) is 3.81. The first-order valence-electron chi connectivity index (χ1n) is 6.59. The lowest BCUT2D eigenvalue weighted by Gasteiger charge is -2.26. The number of aromatic nitrogens is 1. The molecule has 1 N–H and O–H groups in total. The van der Waals surface area contributed by atoms with Crippen molar-refractivity contribution in [3.8, 4) is 0 Å². The first-order chi connectivity index (χ1) is 8.69. The van der Waals surface area contributed by atoms with Crippen LogP contribution < -0.4 is 5.32 Å². The highest BCUT2D eigenvalue weighted by atomic mass is 16.5. The molecule has 2 atom stereocenters. The predicted molar refractivity (Wildman–Crippen MR) is 70.8 cm³/mol. The molecule has 0 spiro atoms. The summed E-state index contributed by atoms with van der Waals surface area (Å²) in [6, 6.07) is 2.27. The zero-order chi connectivity index (χ0) is 12.6. The van der Waals surface area contributed by atoms with E-state index in [0.717, 1.165) is 24.4 Å². The second kappa shape index (κ2) is 4.35. The summed E-state index contributed by atoms with van der Waals surface area (Å²) in [5, 5.41) is 3.57. The number of nitrogens with zero attached hydrogens (tertiary/aromatic N) is 2. The molecule has 1 fully saturated rings. The summed E-state index contributed by atoms with van der Waals surface area (Å²) in [6.07, 6.45) is 6.09. The van der Waals surface area contributed by atoms with Crippen LogP contribution in [-0.2, 0) is 10.3 Å². The van der Waals surface area contributed by atoms with E-state index in [1.54, 1.807) is 0 Å². The molecule has 0 aliphatic carbocycles. The molecule has 0 aromatic carbocycles. The highest BCUT2D eigenvalue weighted by Gasteiger charge is 2.34. The third-order valence-corrected chi connectivity index (χ3v) is 3.81. The maximum Gasteiger partial charge on any atom is 0.217 e. The molecule has 0 bridgehead atoms. The molecular weight excluding hydrogens is 226 g/mol. The van der Waals surface area contributed by atoms with Gasteiger partial charge in [0.2, 0.25) is 5.90 Å². The summed E-state index contributed by atoms with van der Waals surface area (Å²) in [4.78, 5) is 8.84. The Morgan fingerprint density at radius 1 is 1.50 bits per heavy atom. The average molecular weight is 245 g/mol. The van der Waals surface area contributed by atoms with Gasteiger partial charge in [0.05, 0.1) is 6.04 Å². The number of aliphatic imine (C=N–C) groups is 1. The van der Waals surface area contributed by atoms with Crippen LogP contribution in [-0.4, -0.2) is 30.1 Å². The van der Waals surface area contributed by atoms with Crippen molar-refractivity contribution < 1.29 is 4.74 Å². The van der Waals surface area contributed by atoms with E-state index in [2.05, 4.69) is 29.1 Å². The van der Waals surface area contributed by atoms with Crippen LogP contribution in [0.1, 0.15) is 37.8 Å². The van der Waals surface area contributed by atoms with Gasteiger partial charge in [-0.05, 0) is 39.3 Å². The van der Waals surface area contributed by atoms with Gasteiger partial charge in [-0.1, -0.05) is 0 Å². The first kappa shape index (κ1) is 11.7. The molecule has 0 saturated carbocycles. The van der Waals surface area contributed by atoms with Crippen molar-refractivity contribution in [1.29, 1.82) is 0 Å². The van der Waals surface area contributed by atoms with Gasteiger partial charge < -0.3 is 10.1 Å². The van der Waals surface area contributed by atoms with Crippen molar-refractivity contribution in [2.75, 3.05) is 13.2 Å². The fraction of sp³-hybridized carbons (Fsp3) is 0.571. The van der Waals surface area contributed by atoms with Crippen molar-refractivity contribution in [1.82, 2.24) is 10.3 Å². The molecule has 1 aromatic heterocycles. The number of nitrogens with one attached hydrogen (secondary N) is 1. The molecule has 1 aromatic rings. The topological polar surface area (TPSA) is 46.5 Å². The summed E-state index contributed by atoms with van der Waals surface area (Å²) in [5.74, 6) is 0.773. The fourth-order valence-electron chi connectivity index (χ4n) is 2.77. The quantitative estimate of drug-likeness (QED) is 0.865. The van der Waals surface area contributed by atoms with Gasteiger partial charge in [-0.15, -0.1) is 0 Å². The minimum atomic E-state index is 0.00129. The Balaban J connectivity index is 2.03. The lowest BCUT2D eigenvalue weighted by atomic mass is 9.88. The third kappa shape index (κ3) is 1.90. The maximum atomic E-state index is 5.69. The van der Waals surface area contributed by atoms with Gasteiger partial charge in [-0.3, -0.25) is 4.98 Å². The second-order valence-electron chi connectivity index (χ2n) is 5.38. The Morgan fingerprint density at radius 3 is 3.06 bits per heavy atom.